The van der Waals surface area contributed by atoms with Crippen molar-refractivity contribution in [1.29, 1.82) is 0 Å². The molecule has 2 rings (SSSR count). The smallest absolute Gasteiger partial charge is 0.203 e. The number of benzene rings is 1. The summed E-state index contributed by atoms with van der Waals surface area (Å²) in [5.41, 5.74) is 0.962. The highest BCUT2D eigenvalue weighted by atomic mass is 16.5. The molecule has 1 fully saturated rings. The van der Waals surface area contributed by atoms with Crippen molar-refractivity contribution in [2.45, 2.75) is 18.8 Å². The second-order valence-corrected chi connectivity index (χ2v) is 4.26. The van der Waals surface area contributed by atoms with Gasteiger partial charge in [0.15, 0.2) is 11.5 Å². The third-order valence-electron chi connectivity index (χ3n) is 3.33. The largest absolute Gasteiger partial charge is 0.504 e. The van der Waals surface area contributed by atoms with Crippen LogP contribution in [0, 0.1) is 0 Å². The van der Waals surface area contributed by atoms with Crippen molar-refractivity contribution in [3.63, 3.8) is 0 Å². The summed E-state index contributed by atoms with van der Waals surface area (Å²) in [6.07, 6.45) is 2.09. The maximum Gasteiger partial charge on any atom is 0.203 e. The normalized spacial score (nSPS) is 16.8. The van der Waals surface area contributed by atoms with E-state index in [0.717, 1.165) is 31.5 Å². The minimum absolute atomic E-state index is 0.221. The van der Waals surface area contributed by atoms with Crippen LogP contribution in [0.5, 0.6) is 17.2 Å². The van der Waals surface area contributed by atoms with Gasteiger partial charge in [-0.15, -0.1) is 0 Å². The number of nitrogens with one attached hydrogen (secondary N) is 1. The van der Waals surface area contributed by atoms with Gasteiger partial charge in [0.1, 0.15) is 0 Å². The zero-order valence-electron chi connectivity index (χ0n) is 10.3. The predicted octanol–water partition coefficient (Wildman–Crippen LogP) is 1.88. The molecule has 17 heavy (non-hydrogen) atoms. The highest BCUT2D eigenvalue weighted by molar-refractivity contribution is 5.56. The zero-order valence-corrected chi connectivity index (χ0v) is 10.3. The van der Waals surface area contributed by atoms with Crippen molar-refractivity contribution in [1.82, 2.24) is 5.32 Å². The van der Waals surface area contributed by atoms with Crippen molar-refractivity contribution in [3.8, 4) is 17.2 Å². The van der Waals surface area contributed by atoms with Crippen LogP contribution >= 0.6 is 0 Å². The number of phenolic OH excluding ortho intramolecular Hbond substituents is 1. The van der Waals surface area contributed by atoms with Crippen LogP contribution in [0.2, 0.25) is 0 Å². The minimum atomic E-state index is 0.221. The maximum atomic E-state index is 10.2. The van der Waals surface area contributed by atoms with Crippen LogP contribution in [-0.2, 0) is 0 Å². The molecule has 1 aliphatic rings. The summed E-state index contributed by atoms with van der Waals surface area (Å²) < 4.78 is 10.4. The lowest BCUT2D eigenvalue weighted by Crippen LogP contribution is -2.26. The molecule has 0 saturated carbocycles. The molecule has 0 radical (unpaired) electrons. The molecule has 0 unspecified atom stereocenters. The van der Waals surface area contributed by atoms with E-state index >= 15 is 0 Å². The molecular weight excluding hydrogens is 218 g/mol. The minimum Gasteiger partial charge on any atom is -0.504 e. The first-order valence-corrected chi connectivity index (χ1v) is 5.92. The number of phenols is 1. The average Bonchev–Trinajstić information content (AvgIpc) is 2.39. The van der Waals surface area contributed by atoms with Crippen LogP contribution in [0.1, 0.15) is 24.3 Å². The summed E-state index contributed by atoms with van der Waals surface area (Å²) in [7, 11) is 3.12. The summed E-state index contributed by atoms with van der Waals surface area (Å²) >= 11 is 0. The first-order chi connectivity index (χ1) is 8.27. The Hall–Kier alpha value is -1.42. The van der Waals surface area contributed by atoms with Gasteiger partial charge in [-0.05, 0) is 37.9 Å². The van der Waals surface area contributed by atoms with E-state index in [1.165, 1.54) is 0 Å². The quantitative estimate of drug-likeness (QED) is 0.842. The van der Waals surface area contributed by atoms with Crippen LogP contribution in [-0.4, -0.2) is 32.4 Å². The van der Waals surface area contributed by atoms with Gasteiger partial charge >= 0.3 is 0 Å². The average molecular weight is 237 g/mol. The van der Waals surface area contributed by atoms with Gasteiger partial charge in [0, 0.05) is 5.56 Å². The molecule has 1 aromatic rings. The number of hydrogen-bond donors (Lipinski definition) is 2. The third kappa shape index (κ3) is 2.31. The van der Waals surface area contributed by atoms with Gasteiger partial charge in [0.25, 0.3) is 0 Å². The van der Waals surface area contributed by atoms with E-state index in [4.69, 9.17) is 9.47 Å². The van der Waals surface area contributed by atoms with E-state index in [0.29, 0.717) is 17.4 Å². The van der Waals surface area contributed by atoms with E-state index in [1.807, 2.05) is 12.1 Å². The lowest BCUT2D eigenvalue weighted by Gasteiger charge is -2.24. The van der Waals surface area contributed by atoms with Gasteiger partial charge in [-0.1, -0.05) is 6.07 Å². The van der Waals surface area contributed by atoms with Crippen molar-refractivity contribution in [2.75, 3.05) is 27.3 Å². The fraction of sp³-hybridized carbons (Fsp3) is 0.538. The topological polar surface area (TPSA) is 50.7 Å². The number of hydrogen-bond acceptors (Lipinski definition) is 4. The van der Waals surface area contributed by atoms with Crippen molar-refractivity contribution >= 4 is 0 Å². The Morgan fingerprint density at radius 2 is 1.88 bits per heavy atom. The molecule has 1 aliphatic heterocycles. The van der Waals surface area contributed by atoms with Crippen LogP contribution in [0.25, 0.3) is 0 Å². The molecule has 0 atom stereocenters. The summed E-state index contributed by atoms with van der Waals surface area (Å²) in [5.74, 6) is 1.63. The second kappa shape index (κ2) is 5.27. The summed E-state index contributed by atoms with van der Waals surface area (Å²) in [4.78, 5) is 0. The zero-order chi connectivity index (χ0) is 12.3. The Morgan fingerprint density at radius 3 is 2.47 bits per heavy atom. The molecule has 1 heterocycles. The first kappa shape index (κ1) is 12.0. The molecule has 4 heteroatoms. The van der Waals surface area contributed by atoms with Crippen LogP contribution in [0.4, 0.5) is 0 Å². The van der Waals surface area contributed by atoms with Gasteiger partial charge < -0.3 is 19.9 Å². The molecule has 94 valence electrons. The van der Waals surface area contributed by atoms with Gasteiger partial charge in [0.2, 0.25) is 5.75 Å². The summed E-state index contributed by atoms with van der Waals surface area (Å²) in [5, 5.41) is 13.5. The molecule has 0 spiro atoms. The Kier molecular flexibility index (Phi) is 3.74. The van der Waals surface area contributed by atoms with Crippen LogP contribution in [0.3, 0.4) is 0 Å². The molecule has 0 aliphatic carbocycles. The van der Waals surface area contributed by atoms with Crippen molar-refractivity contribution in [2.24, 2.45) is 0 Å². The second-order valence-electron chi connectivity index (χ2n) is 4.26. The highest BCUT2D eigenvalue weighted by Gasteiger charge is 2.22. The van der Waals surface area contributed by atoms with Crippen LogP contribution < -0.4 is 14.8 Å². The molecule has 0 amide bonds. The Labute approximate surface area is 102 Å². The third-order valence-corrected chi connectivity index (χ3v) is 3.33. The molecular formula is C13H19NO3. The summed E-state index contributed by atoms with van der Waals surface area (Å²) in [6, 6.07) is 3.79. The lowest BCUT2D eigenvalue weighted by molar-refractivity contribution is 0.327. The first-order valence-electron chi connectivity index (χ1n) is 5.92. The maximum absolute atomic E-state index is 10.2. The molecule has 0 bridgehead atoms. The number of aromatic hydroxyl groups is 1. The molecule has 0 aromatic heterocycles. The Bertz CT molecular complexity index is 386. The van der Waals surface area contributed by atoms with E-state index in [2.05, 4.69) is 5.32 Å². The van der Waals surface area contributed by atoms with Crippen LogP contribution in [0.15, 0.2) is 12.1 Å². The van der Waals surface area contributed by atoms with E-state index in [1.54, 1.807) is 14.2 Å². The molecule has 1 aromatic carbocycles. The fourth-order valence-corrected chi connectivity index (χ4v) is 2.39. The van der Waals surface area contributed by atoms with Gasteiger partial charge in [-0.25, -0.2) is 0 Å². The molecule has 4 nitrogen and oxygen atoms in total. The van der Waals surface area contributed by atoms with Crippen molar-refractivity contribution in [3.05, 3.63) is 17.7 Å². The monoisotopic (exact) mass is 237 g/mol. The number of piperidine rings is 1. The van der Waals surface area contributed by atoms with E-state index in [-0.39, 0.29) is 5.75 Å². The highest BCUT2D eigenvalue weighted by Crippen LogP contribution is 2.43. The van der Waals surface area contributed by atoms with Gasteiger partial charge in [-0.2, -0.15) is 0 Å². The number of ether oxygens (including phenoxy) is 2. The van der Waals surface area contributed by atoms with Gasteiger partial charge in [0.05, 0.1) is 14.2 Å². The predicted molar refractivity (Wildman–Crippen MR) is 66.1 cm³/mol. The van der Waals surface area contributed by atoms with Gasteiger partial charge in [-0.3, -0.25) is 0 Å². The molecule has 2 N–H and O–H groups in total. The summed E-state index contributed by atoms with van der Waals surface area (Å²) in [6.45, 7) is 2.00. The SMILES string of the molecule is COc1ccc(C2CCNCC2)c(O)c1OC. The number of rotatable bonds is 3. The standard InChI is InChI=1S/C13H19NO3/c1-16-11-4-3-10(12(15)13(11)17-2)9-5-7-14-8-6-9/h3-4,9,14-15H,5-8H2,1-2H3. The Morgan fingerprint density at radius 1 is 1.18 bits per heavy atom. The lowest BCUT2D eigenvalue weighted by atomic mass is 9.89. The molecule has 1 saturated heterocycles. The van der Waals surface area contributed by atoms with E-state index < -0.39 is 0 Å². The van der Waals surface area contributed by atoms with Crippen molar-refractivity contribution < 1.29 is 14.6 Å². The fourth-order valence-electron chi connectivity index (χ4n) is 2.39. The Balaban J connectivity index is 2.34. The number of methoxy groups -OCH3 is 2. The van der Waals surface area contributed by atoms with E-state index in [9.17, 15) is 5.11 Å².